The van der Waals surface area contributed by atoms with Crippen LogP contribution >= 0.6 is 0 Å². The van der Waals surface area contributed by atoms with E-state index in [0.717, 1.165) is 24.4 Å². The molecule has 0 heterocycles. The van der Waals surface area contributed by atoms with Crippen LogP contribution in [0.4, 0.5) is 0 Å². The first-order chi connectivity index (χ1) is 10.1. The van der Waals surface area contributed by atoms with Gasteiger partial charge in [0.05, 0.1) is 7.11 Å². The maximum absolute atomic E-state index is 6.34. The fourth-order valence-corrected chi connectivity index (χ4v) is 2.55. The molecule has 3 heteroatoms. The number of ether oxygens (including phenoxy) is 1. The van der Waals surface area contributed by atoms with E-state index in [1.165, 1.54) is 11.1 Å². The van der Waals surface area contributed by atoms with Crippen LogP contribution in [0.1, 0.15) is 22.7 Å². The first kappa shape index (κ1) is 15.5. The van der Waals surface area contributed by atoms with Crippen LogP contribution in [0.2, 0.25) is 0 Å². The quantitative estimate of drug-likeness (QED) is 0.885. The van der Waals surface area contributed by atoms with E-state index in [4.69, 9.17) is 10.5 Å². The van der Waals surface area contributed by atoms with Gasteiger partial charge >= 0.3 is 0 Å². The summed E-state index contributed by atoms with van der Waals surface area (Å²) in [5.41, 5.74) is 10.0. The summed E-state index contributed by atoms with van der Waals surface area (Å²) < 4.78 is 5.39. The van der Waals surface area contributed by atoms with Crippen LogP contribution in [0.25, 0.3) is 0 Å². The lowest BCUT2D eigenvalue weighted by molar-refractivity contribution is 0.300. The molecule has 2 aromatic carbocycles. The molecule has 0 spiro atoms. The molecule has 0 bridgehead atoms. The smallest absolute Gasteiger partial charge is 0.123 e. The van der Waals surface area contributed by atoms with E-state index >= 15 is 0 Å². The lowest BCUT2D eigenvalue weighted by Gasteiger charge is -2.23. The van der Waals surface area contributed by atoms with Crippen molar-refractivity contribution in [2.75, 3.05) is 20.7 Å². The summed E-state index contributed by atoms with van der Waals surface area (Å²) in [6.45, 7) is 3.83. The third kappa shape index (κ3) is 4.06. The highest BCUT2D eigenvalue weighted by atomic mass is 16.5. The van der Waals surface area contributed by atoms with Gasteiger partial charge in [-0.15, -0.1) is 0 Å². The standard InChI is InChI=1S/C18H24N2O/c1-14-8-4-5-9-15(14)12-20(2)13-17(19)16-10-6-7-11-18(16)21-3/h4-11,17H,12-13,19H2,1-3H3. The van der Waals surface area contributed by atoms with E-state index in [1.54, 1.807) is 7.11 Å². The van der Waals surface area contributed by atoms with Gasteiger partial charge in [0.1, 0.15) is 5.75 Å². The van der Waals surface area contributed by atoms with Crippen LogP contribution < -0.4 is 10.5 Å². The van der Waals surface area contributed by atoms with Crippen molar-refractivity contribution in [2.24, 2.45) is 5.73 Å². The van der Waals surface area contributed by atoms with Gasteiger partial charge in [0.25, 0.3) is 0 Å². The largest absolute Gasteiger partial charge is 0.496 e. The summed E-state index contributed by atoms with van der Waals surface area (Å²) in [6.07, 6.45) is 0. The SMILES string of the molecule is COc1ccccc1C(N)CN(C)Cc1ccccc1C. The second kappa shape index (κ2) is 7.25. The van der Waals surface area contributed by atoms with Gasteiger partial charge in [-0.3, -0.25) is 0 Å². The van der Waals surface area contributed by atoms with Gasteiger partial charge < -0.3 is 15.4 Å². The Labute approximate surface area is 127 Å². The number of methoxy groups -OCH3 is 1. The molecule has 0 aliphatic heterocycles. The van der Waals surface area contributed by atoms with Crippen molar-refractivity contribution in [1.29, 1.82) is 0 Å². The number of aryl methyl sites for hydroxylation is 1. The topological polar surface area (TPSA) is 38.5 Å². The van der Waals surface area contributed by atoms with Crippen LogP contribution in [-0.4, -0.2) is 25.6 Å². The minimum atomic E-state index is -0.0600. The first-order valence-electron chi connectivity index (χ1n) is 7.23. The van der Waals surface area contributed by atoms with Gasteiger partial charge in [-0.25, -0.2) is 0 Å². The van der Waals surface area contributed by atoms with Gasteiger partial charge in [0.15, 0.2) is 0 Å². The number of nitrogens with zero attached hydrogens (tertiary/aromatic N) is 1. The lowest BCUT2D eigenvalue weighted by Crippen LogP contribution is -2.29. The molecule has 2 aromatic rings. The van der Waals surface area contributed by atoms with Crippen molar-refractivity contribution < 1.29 is 4.74 Å². The molecule has 2 N–H and O–H groups in total. The van der Waals surface area contributed by atoms with Crippen molar-refractivity contribution in [3.63, 3.8) is 0 Å². The molecule has 1 atom stereocenters. The van der Waals surface area contributed by atoms with E-state index < -0.39 is 0 Å². The number of rotatable bonds is 6. The average Bonchev–Trinajstić information content (AvgIpc) is 2.49. The molecule has 21 heavy (non-hydrogen) atoms. The maximum atomic E-state index is 6.34. The van der Waals surface area contributed by atoms with Crippen LogP contribution in [-0.2, 0) is 6.54 Å². The third-order valence-electron chi connectivity index (χ3n) is 3.75. The number of likely N-dealkylation sites (N-methyl/N-ethyl adjacent to an activating group) is 1. The normalized spacial score (nSPS) is 12.4. The summed E-state index contributed by atoms with van der Waals surface area (Å²) in [5.74, 6) is 0.856. The molecule has 0 aromatic heterocycles. The monoisotopic (exact) mass is 284 g/mol. The van der Waals surface area contributed by atoms with Gasteiger partial charge in [-0.2, -0.15) is 0 Å². The van der Waals surface area contributed by atoms with Crippen molar-refractivity contribution in [2.45, 2.75) is 19.5 Å². The van der Waals surface area contributed by atoms with Gasteiger partial charge in [0, 0.05) is 24.7 Å². The highest BCUT2D eigenvalue weighted by Gasteiger charge is 2.14. The average molecular weight is 284 g/mol. The second-order valence-corrected chi connectivity index (χ2v) is 5.47. The number of benzene rings is 2. The Morgan fingerprint density at radius 2 is 1.76 bits per heavy atom. The number of nitrogens with two attached hydrogens (primary N) is 1. The summed E-state index contributed by atoms with van der Waals surface area (Å²) in [4.78, 5) is 2.25. The summed E-state index contributed by atoms with van der Waals surface area (Å²) in [7, 11) is 3.78. The third-order valence-corrected chi connectivity index (χ3v) is 3.75. The van der Waals surface area contributed by atoms with Crippen molar-refractivity contribution in [3.05, 3.63) is 65.2 Å². The molecule has 2 rings (SSSR count). The number of para-hydroxylation sites is 1. The van der Waals surface area contributed by atoms with E-state index in [2.05, 4.69) is 43.1 Å². The molecule has 0 amide bonds. The minimum Gasteiger partial charge on any atom is -0.496 e. The van der Waals surface area contributed by atoms with Crippen LogP contribution in [0.3, 0.4) is 0 Å². The van der Waals surface area contributed by atoms with E-state index in [1.807, 2.05) is 24.3 Å². The molecular formula is C18H24N2O. The molecule has 112 valence electrons. The Morgan fingerprint density at radius 3 is 2.48 bits per heavy atom. The Morgan fingerprint density at radius 1 is 1.10 bits per heavy atom. The predicted molar refractivity (Wildman–Crippen MR) is 87.4 cm³/mol. The Hall–Kier alpha value is -1.84. The van der Waals surface area contributed by atoms with E-state index in [-0.39, 0.29) is 6.04 Å². The molecule has 0 aliphatic carbocycles. The summed E-state index contributed by atoms with van der Waals surface area (Å²) in [5, 5.41) is 0. The molecule has 0 fully saturated rings. The molecule has 0 radical (unpaired) electrons. The molecule has 0 saturated carbocycles. The molecule has 3 nitrogen and oxygen atoms in total. The maximum Gasteiger partial charge on any atom is 0.123 e. The fraction of sp³-hybridized carbons (Fsp3) is 0.333. The van der Waals surface area contributed by atoms with Gasteiger partial charge in [-0.05, 0) is 31.2 Å². The summed E-state index contributed by atoms with van der Waals surface area (Å²) in [6, 6.07) is 16.3. The van der Waals surface area contributed by atoms with Crippen LogP contribution in [0, 0.1) is 6.92 Å². The van der Waals surface area contributed by atoms with Crippen LogP contribution in [0.15, 0.2) is 48.5 Å². The van der Waals surface area contributed by atoms with Gasteiger partial charge in [-0.1, -0.05) is 42.5 Å². The van der Waals surface area contributed by atoms with Crippen molar-refractivity contribution in [3.8, 4) is 5.75 Å². The fourth-order valence-electron chi connectivity index (χ4n) is 2.55. The Bertz CT molecular complexity index is 583. The zero-order valence-corrected chi connectivity index (χ0v) is 13.0. The molecule has 0 saturated heterocycles. The van der Waals surface area contributed by atoms with E-state index in [0.29, 0.717) is 0 Å². The van der Waals surface area contributed by atoms with E-state index in [9.17, 15) is 0 Å². The van der Waals surface area contributed by atoms with Crippen LogP contribution in [0.5, 0.6) is 5.75 Å². The molecule has 1 unspecified atom stereocenters. The zero-order chi connectivity index (χ0) is 15.2. The predicted octanol–water partition coefficient (Wildman–Crippen LogP) is 3.14. The first-order valence-corrected chi connectivity index (χ1v) is 7.23. The second-order valence-electron chi connectivity index (χ2n) is 5.47. The zero-order valence-electron chi connectivity index (χ0n) is 13.0. The molecule has 0 aliphatic rings. The highest BCUT2D eigenvalue weighted by molar-refractivity contribution is 5.36. The van der Waals surface area contributed by atoms with Crippen molar-refractivity contribution in [1.82, 2.24) is 4.90 Å². The Balaban J connectivity index is 2.02. The lowest BCUT2D eigenvalue weighted by atomic mass is 10.0. The van der Waals surface area contributed by atoms with Gasteiger partial charge in [0.2, 0.25) is 0 Å². The number of hydrogen-bond donors (Lipinski definition) is 1. The molecular weight excluding hydrogens is 260 g/mol. The Kier molecular flexibility index (Phi) is 5.37. The minimum absolute atomic E-state index is 0.0600. The number of hydrogen-bond acceptors (Lipinski definition) is 3. The summed E-state index contributed by atoms with van der Waals surface area (Å²) >= 11 is 0. The van der Waals surface area contributed by atoms with Crippen molar-refractivity contribution >= 4 is 0 Å². The highest BCUT2D eigenvalue weighted by Crippen LogP contribution is 2.24.